The van der Waals surface area contributed by atoms with Crippen LogP contribution in [0, 0.1) is 0 Å². The van der Waals surface area contributed by atoms with Crippen molar-refractivity contribution in [2.45, 2.75) is 20.0 Å². The molecule has 0 saturated heterocycles. The first-order valence-corrected chi connectivity index (χ1v) is 6.12. The molecule has 0 amide bonds. The summed E-state index contributed by atoms with van der Waals surface area (Å²) >= 11 is 12.0. The second-order valence-corrected chi connectivity index (χ2v) is 4.50. The number of imidazole rings is 1. The van der Waals surface area contributed by atoms with Crippen molar-refractivity contribution in [1.82, 2.24) is 9.55 Å². The zero-order valence-corrected chi connectivity index (χ0v) is 11.0. The monoisotopic (exact) mass is 269 g/mol. The molecular weight excluding hydrogens is 257 g/mol. The molecule has 2 rings (SSSR count). The smallest absolute Gasteiger partial charge is 0.0956 e. The van der Waals surface area contributed by atoms with Gasteiger partial charge in [-0.05, 0) is 25.1 Å². The van der Waals surface area contributed by atoms with Gasteiger partial charge in [-0.3, -0.25) is 0 Å². The van der Waals surface area contributed by atoms with E-state index in [9.17, 15) is 0 Å². The van der Waals surface area contributed by atoms with Crippen LogP contribution in [0.1, 0.15) is 12.6 Å². The van der Waals surface area contributed by atoms with Crippen LogP contribution in [0.25, 0.3) is 11.3 Å². The first kappa shape index (κ1) is 12.4. The summed E-state index contributed by atoms with van der Waals surface area (Å²) in [5, 5.41) is 1.21. The van der Waals surface area contributed by atoms with E-state index in [0.717, 1.165) is 23.5 Å². The van der Waals surface area contributed by atoms with E-state index in [1.54, 1.807) is 18.5 Å². The van der Waals surface area contributed by atoms with E-state index in [2.05, 4.69) is 4.98 Å². The van der Waals surface area contributed by atoms with Gasteiger partial charge in [0.1, 0.15) is 0 Å². The maximum Gasteiger partial charge on any atom is 0.0956 e. The zero-order valence-electron chi connectivity index (χ0n) is 9.45. The summed E-state index contributed by atoms with van der Waals surface area (Å²) in [5.74, 6) is 0. The molecule has 0 fully saturated rings. The van der Waals surface area contributed by atoms with Crippen LogP contribution in [0.4, 0.5) is 0 Å². The predicted molar refractivity (Wildman–Crippen MR) is 71.2 cm³/mol. The standard InChI is InChI=1S/C12H13Cl2N3/c1-2-17-7-16-12(11(17)6-15)9-4-3-8(13)5-10(9)14/h3-5,7H,2,6,15H2,1H3. The van der Waals surface area contributed by atoms with Crippen LogP contribution in [-0.4, -0.2) is 9.55 Å². The fourth-order valence-electron chi connectivity index (χ4n) is 1.80. The minimum atomic E-state index is 0.433. The average Bonchev–Trinajstić information content (AvgIpc) is 2.71. The normalized spacial score (nSPS) is 10.8. The van der Waals surface area contributed by atoms with E-state index in [-0.39, 0.29) is 0 Å². The lowest BCUT2D eigenvalue weighted by atomic mass is 10.1. The van der Waals surface area contributed by atoms with Crippen molar-refractivity contribution in [2.24, 2.45) is 5.73 Å². The quantitative estimate of drug-likeness (QED) is 0.929. The summed E-state index contributed by atoms with van der Waals surface area (Å²) in [6.45, 7) is 3.32. The maximum atomic E-state index is 6.17. The van der Waals surface area contributed by atoms with Crippen LogP contribution in [0.15, 0.2) is 24.5 Å². The Morgan fingerprint density at radius 3 is 2.71 bits per heavy atom. The lowest BCUT2D eigenvalue weighted by molar-refractivity contribution is 0.712. The van der Waals surface area contributed by atoms with Crippen LogP contribution in [0.5, 0.6) is 0 Å². The molecule has 0 aliphatic heterocycles. The number of hydrogen-bond acceptors (Lipinski definition) is 2. The van der Waals surface area contributed by atoms with Gasteiger partial charge >= 0.3 is 0 Å². The summed E-state index contributed by atoms with van der Waals surface area (Å²) in [5.41, 5.74) is 8.44. The van der Waals surface area contributed by atoms with Crippen molar-refractivity contribution in [3.63, 3.8) is 0 Å². The van der Waals surface area contributed by atoms with Gasteiger partial charge in [-0.15, -0.1) is 0 Å². The van der Waals surface area contributed by atoms with Crippen molar-refractivity contribution in [1.29, 1.82) is 0 Å². The SMILES string of the molecule is CCn1cnc(-c2ccc(Cl)cc2Cl)c1CN. The molecule has 2 aromatic rings. The molecule has 5 heteroatoms. The van der Waals surface area contributed by atoms with Gasteiger partial charge in [-0.1, -0.05) is 23.2 Å². The third-order valence-electron chi connectivity index (χ3n) is 2.67. The molecule has 0 aliphatic carbocycles. The molecule has 0 bridgehead atoms. The van der Waals surface area contributed by atoms with Crippen LogP contribution in [-0.2, 0) is 13.1 Å². The summed E-state index contributed by atoms with van der Waals surface area (Å²) in [4.78, 5) is 4.37. The number of nitrogens with zero attached hydrogens (tertiary/aromatic N) is 2. The van der Waals surface area contributed by atoms with Gasteiger partial charge in [0, 0.05) is 23.7 Å². The third kappa shape index (κ3) is 2.32. The summed E-state index contributed by atoms with van der Waals surface area (Å²) in [6.07, 6.45) is 1.78. The second-order valence-electron chi connectivity index (χ2n) is 3.65. The molecular formula is C12H13Cl2N3. The molecule has 90 valence electrons. The third-order valence-corrected chi connectivity index (χ3v) is 3.21. The summed E-state index contributed by atoms with van der Waals surface area (Å²) in [6, 6.07) is 5.38. The highest BCUT2D eigenvalue weighted by atomic mass is 35.5. The molecule has 0 atom stereocenters. The van der Waals surface area contributed by atoms with E-state index >= 15 is 0 Å². The Morgan fingerprint density at radius 1 is 1.35 bits per heavy atom. The van der Waals surface area contributed by atoms with Gasteiger partial charge in [-0.25, -0.2) is 4.98 Å². The number of rotatable bonds is 3. The van der Waals surface area contributed by atoms with E-state index in [1.165, 1.54) is 0 Å². The molecule has 0 spiro atoms. The Balaban J connectivity index is 2.56. The van der Waals surface area contributed by atoms with Crippen molar-refractivity contribution >= 4 is 23.2 Å². The van der Waals surface area contributed by atoms with Gasteiger partial charge < -0.3 is 10.3 Å². The van der Waals surface area contributed by atoms with Crippen LogP contribution < -0.4 is 5.73 Å². The Hall–Kier alpha value is -1.03. The van der Waals surface area contributed by atoms with Gasteiger partial charge in [-0.2, -0.15) is 0 Å². The number of halogens is 2. The Labute approximate surface area is 110 Å². The molecule has 1 aromatic carbocycles. The van der Waals surface area contributed by atoms with E-state index in [4.69, 9.17) is 28.9 Å². The van der Waals surface area contributed by atoms with E-state index in [1.807, 2.05) is 17.6 Å². The molecule has 17 heavy (non-hydrogen) atoms. The Morgan fingerprint density at radius 2 is 2.12 bits per heavy atom. The number of benzene rings is 1. The molecule has 0 aliphatic rings. The number of nitrogens with two attached hydrogens (primary N) is 1. The molecule has 0 unspecified atom stereocenters. The second kappa shape index (κ2) is 5.08. The average molecular weight is 270 g/mol. The fourth-order valence-corrected chi connectivity index (χ4v) is 2.30. The lowest BCUT2D eigenvalue weighted by Gasteiger charge is -2.07. The maximum absolute atomic E-state index is 6.17. The van der Waals surface area contributed by atoms with Crippen LogP contribution in [0.2, 0.25) is 10.0 Å². The van der Waals surface area contributed by atoms with Gasteiger partial charge in [0.15, 0.2) is 0 Å². The summed E-state index contributed by atoms with van der Waals surface area (Å²) < 4.78 is 2.01. The minimum absolute atomic E-state index is 0.433. The molecule has 2 N–H and O–H groups in total. The molecule has 1 heterocycles. The molecule has 0 radical (unpaired) electrons. The van der Waals surface area contributed by atoms with Crippen LogP contribution >= 0.6 is 23.2 Å². The first-order chi connectivity index (χ1) is 8.17. The van der Waals surface area contributed by atoms with Crippen molar-refractivity contribution in [3.05, 3.63) is 40.3 Å². The number of aryl methyl sites for hydroxylation is 1. The van der Waals surface area contributed by atoms with E-state index < -0.39 is 0 Å². The van der Waals surface area contributed by atoms with Gasteiger partial charge in [0.05, 0.1) is 22.7 Å². The Kier molecular flexibility index (Phi) is 3.72. The molecule has 1 aromatic heterocycles. The lowest BCUT2D eigenvalue weighted by Crippen LogP contribution is -2.06. The van der Waals surface area contributed by atoms with Crippen molar-refractivity contribution in [3.8, 4) is 11.3 Å². The Bertz CT molecular complexity index is 535. The number of hydrogen-bond donors (Lipinski definition) is 1. The van der Waals surface area contributed by atoms with Gasteiger partial charge in [0.2, 0.25) is 0 Å². The molecule has 0 saturated carbocycles. The van der Waals surface area contributed by atoms with Crippen molar-refractivity contribution < 1.29 is 0 Å². The predicted octanol–water partition coefficient (Wildman–Crippen LogP) is 3.34. The largest absolute Gasteiger partial charge is 0.333 e. The highest BCUT2D eigenvalue weighted by molar-refractivity contribution is 6.36. The van der Waals surface area contributed by atoms with Gasteiger partial charge in [0.25, 0.3) is 0 Å². The minimum Gasteiger partial charge on any atom is -0.333 e. The van der Waals surface area contributed by atoms with E-state index in [0.29, 0.717) is 16.6 Å². The first-order valence-electron chi connectivity index (χ1n) is 5.36. The highest BCUT2D eigenvalue weighted by Crippen LogP contribution is 2.31. The highest BCUT2D eigenvalue weighted by Gasteiger charge is 2.13. The van der Waals surface area contributed by atoms with Crippen molar-refractivity contribution in [2.75, 3.05) is 0 Å². The molecule has 3 nitrogen and oxygen atoms in total. The topological polar surface area (TPSA) is 43.8 Å². The zero-order chi connectivity index (χ0) is 12.4. The summed E-state index contributed by atoms with van der Waals surface area (Å²) in [7, 11) is 0. The fraction of sp³-hybridized carbons (Fsp3) is 0.250. The van der Waals surface area contributed by atoms with Crippen LogP contribution in [0.3, 0.4) is 0 Å². The number of aromatic nitrogens is 2.